The van der Waals surface area contributed by atoms with Crippen LogP contribution in [0.5, 0.6) is 0 Å². The van der Waals surface area contributed by atoms with Crippen molar-refractivity contribution in [2.45, 2.75) is 32.4 Å². The zero-order valence-corrected chi connectivity index (χ0v) is 13.5. The van der Waals surface area contributed by atoms with E-state index in [1.165, 1.54) is 4.52 Å². The standard InChI is InChI=1S/C17H19N5O2/c1-11(10-14(23)13-6-4-3-5-7-13)19-16(24)15-20-17-18-9-8-12(2)22(17)21-15/h3-9,11,14,23H,10H2,1-2H3,(H,19,24). The van der Waals surface area contributed by atoms with Crippen LogP contribution in [0.2, 0.25) is 0 Å². The Morgan fingerprint density at radius 1 is 1.29 bits per heavy atom. The van der Waals surface area contributed by atoms with Crippen LogP contribution in [0.1, 0.15) is 41.3 Å². The van der Waals surface area contributed by atoms with Crippen LogP contribution in [-0.4, -0.2) is 36.6 Å². The summed E-state index contributed by atoms with van der Waals surface area (Å²) in [7, 11) is 0. The maximum Gasteiger partial charge on any atom is 0.291 e. The number of aromatic nitrogens is 4. The third kappa shape index (κ3) is 3.41. The van der Waals surface area contributed by atoms with E-state index >= 15 is 0 Å². The fourth-order valence-corrected chi connectivity index (χ4v) is 2.50. The lowest BCUT2D eigenvalue weighted by molar-refractivity contribution is 0.0907. The monoisotopic (exact) mass is 325 g/mol. The first-order valence-corrected chi connectivity index (χ1v) is 7.77. The largest absolute Gasteiger partial charge is 0.388 e. The zero-order valence-electron chi connectivity index (χ0n) is 13.5. The molecular formula is C17H19N5O2. The Kier molecular flexibility index (Phi) is 4.52. The molecule has 24 heavy (non-hydrogen) atoms. The minimum absolute atomic E-state index is 0.0675. The third-order valence-corrected chi connectivity index (χ3v) is 3.77. The lowest BCUT2D eigenvalue weighted by Crippen LogP contribution is -2.34. The summed E-state index contributed by atoms with van der Waals surface area (Å²) in [6.45, 7) is 3.70. The number of fused-ring (bicyclic) bond motifs is 1. The molecule has 0 spiro atoms. The van der Waals surface area contributed by atoms with E-state index in [1.54, 1.807) is 12.3 Å². The minimum atomic E-state index is -0.639. The SMILES string of the molecule is Cc1ccnc2nc(C(=O)NC(C)CC(O)c3ccccc3)nn12. The summed E-state index contributed by atoms with van der Waals surface area (Å²) >= 11 is 0. The highest BCUT2D eigenvalue weighted by Crippen LogP contribution is 2.17. The Bertz CT molecular complexity index is 847. The number of aliphatic hydroxyl groups excluding tert-OH is 1. The normalized spacial score (nSPS) is 13.6. The molecule has 2 N–H and O–H groups in total. The number of hydrogen-bond donors (Lipinski definition) is 2. The molecule has 1 amide bonds. The van der Waals surface area contributed by atoms with Crippen LogP contribution >= 0.6 is 0 Å². The molecule has 0 fully saturated rings. The molecule has 2 unspecified atom stereocenters. The number of benzene rings is 1. The van der Waals surface area contributed by atoms with Gasteiger partial charge in [-0.05, 0) is 31.9 Å². The molecule has 0 aliphatic heterocycles. The topological polar surface area (TPSA) is 92.4 Å². The second-order valence-electron chi connectivity index (χ2n) is 5.77. The summed E-state index contributed by atoms with van der Waals surface area (Å²) in [4.78, 5) is 20.5. The van der Waals surface area contributed by atoms with Gasteiger partial charge in [0.2, 0.25) is 5.82 Å². The summed E-state index contributed by atoms with van der Waals surface area (Å²) in [5.41, 5.74) is 1.67. The van der Waals surface area contributed by atoms with E-state index in [0.29, 0.717) is 12.2 Å². The Hall–Kier alpha value is -2.80. The Labute approximate surface area is 139 Å². The van der Waals surface area contributed by atoms with E-state index in [0.717, 1.165) is 11.3 Å². The van der Waals surface area contributed by atoms with Gasteiger partial charge in [-0.2, -0.15) is 4.98 Å². The first kappa shape index (κ1) is 16.1. The Morgan fingerprint density at radius 2 is 2.04 bits per heavy atom. The Morgan fingerprint density at radius 3 is 2.75 bits per heavy atom. The van der Waals surface area contributed by atoms with Crippen molar-refractivity contribution >= 4 is 11.7 Å². The van der Waals surface area contributed by atoms with Crippen LogP contribution in [0.15, 0.2) is 42.6 Å². The minimum Gasteiger partial charge on any atom is -0.388 e. The van der Waals surface area contributed by atoms with Crippen molar-refractivity contribution in [2.75, 3.05) is 0 Å². The van der Waals surface area contributed by atoms with E-state index in [-0.39, 0.29) is 17.8 Å². The van der Waals surface area contributed by atoms with Gasteiger partial charge >= 0.3 is 0 Å². The number of rotatable bonds is 5. The van der Waals surface area contributed by atoms with Crippen molar-refractivity contribution in [2.24, 2.45) is 0 Å². The highest BCUT2D eigenvalue weighted by Gasteiger charge is 2.18. The number of hydrogen-bond acceptors (Lipinski definition) is 5. The fraction of sp³-hybridized carbons (Fsp3) is 0.294. The van der Waals surface area contributed by atoms with Gasteiger partial charge < -0.3 is 10.4 Å². The molecule has 0 aliphatic carbocycles. The Balaban J connectivity index is 1.66. The lowest BCUT2D eigenvalue weighted by Gasteiger charge is -2.17. The molecule has 124 valence electrons. The van der Waals surface area contributed by atoms with Crippen molar-refractivity contribution in [3.63, 3.8) is 0 Å². The average Bonchev–Trinajstić information content (AvgIpc) is 3.01. The van der Waals surface area contributed by atoms with E-state index in [9.17, 15) is 9.90 Å². The number of aliphatic hydroxyl groups is 1. The van der Waals surface area contributed by atoms with E-state index < -0.39 is 6.10 Å². The number of carbonyl (C=O) groups is 1. The van der Waals surface area contributed by atoms with Crippen molar-refractivity contribution in [3.8, 4) is 0 Å². The van der Waals surface area contributed by atoms with Gasteiger partial charge in [0.1, 0.15) is 0 Å². The molecule has 2 atom stereocenters. The van der Waals surface area contributed by atoms with E-state index in [4.69, 9.17) is 0 Å². The first-order chi connectivity index (χ1) is 11.5. The molecule has 0 radical (unpaired) electrons. The molecule has 0 saturated carbocycles. The first-order valence-electron chi connectivity index (χ1n) is 7.77. The number of nitrogens with zero attached hydrogens (tertiary/aromatic N) is 4. The van der Waals surface area contributed by atoms with Crippen LogP contribution in [0.25, 0.3) is 5.78 Å². The predicted octanol–water partition coefficient (Wildman–Crippen LogP) is 1.67. The zero-order chi connectivity index (χ0) is 17.1. The van der Waals surface area contributed by atoms with Crippen molar-refractivity contribution in [1.82, 2.24) is 24.9 Å². The van der Waals surface area contributed by atoms with Crippen LogP contribution in [-0.2, 0) is 0 Å². The van der Waals surface area contributed by atoms with Gasteiger partial charge in [0.15, 0.2) is 0 Å². The number of aryl methyl sites for hydroxylation is 1. The molecule has 0 saturated heterocycles. The second kappa shape index (κ2) is 6.76. The van der Waals surface area contributed by atoms with Gasteiger partial charge in [0.05, 0.1) is 6.10 Å². The predicted molar refractivity (Wildman–Crippen MR) is 88.5 cm³/mol. The van der Waals surface area contributed by atoms with Crippen LogP contribution in [0.4, 0.5) is 0 Å². The molecule has 3 aromatic rings. The fourth-order valence-electron chi connectivity index (χ4n) is 2.50. The quantitative estimate of drug-likeness (QED) is 0.744. The number of carbonyl (C=O) groups excluding carboxylic acids is 1. The van der Waals surface area contributed by atoms with Gasteiger partial charge in [0, 0.05) is 17.9 Å². The smallest absolute Gasteiger partial charge is 0.291 e. The molecule has 7 nitrogen and oxygen atoms in total. The summed E-state index contributed by atoms with van der Waals surface area (Å²) in [6.07, 6.45) is 1.39. The highest BCUT2D eigenvalue weighted by atomic mass is 16.3. The van der Waals surface area contributed by atoms with E-state index in [2.05, 4.69) is 20.4 Å². The molecule has 1 aromatic carbocycles. The number of amides is 1. The summed E-state index contributed by atoms with van der Waals surface area (Å²) in [6, 6.07) is 10.9. The van der Waals surface area contributed by atoms with Gasteiger partial charge in [0.25, 0.3) is 11.7 Å². The van der Waals surface area contributed by atoms with Gasteiger partial charge in [-0.15, -0.1) is 5.10 Å². The molecule has 0 bridgehead atoms. The second-order valence-corrected chi connectivity index (χ2v) is 5.77. The summed E-state index contributed by atoms with van der Waals surface area (Å²) < 4.78 is 1.53. The van der Waals surface area contributed by atoms with Crippen molar-refractivity contribution < 1.29 is 9.90 Å². The maximum atomic E-state index is 12.3. The summed E-state index contributed by atoms with van der Waals surface area (Å²) in [5.74, 6) is 0.0719. The van der Waals surface area contributed by atoms with Crippen LogP contribution in [0, 0.1) is 6.92 Å². The highest BCUT2D eigenvalue weighted by molar-refractivity contribution is 5.91. The molecular weight excluding hydrogens is 306 g/mol. The van der Waals surface area contributed by atoms with Gasteiger partial charge in [-0.1, -0.05) is 30.3 Å². The maximum absolute atomic E-state index is 12.3. The lowest BCUT2D eigenvalue weighted by atomic mass is 10.0. The van der Waals surface area contributed by atoms with Crippen molar-refractivity contribution in [3.05, 3.63) is 59.7 Å². The van der Waals surface area contributed by atoms with Gasteiger partial charge in [-0.3, -0.25) is 4.79 Å². The molecule has 2 heterocycles. The van der Waals surface area contributed by atoms with Crippen LogP contribution in [0.3, 0.4) is 0 Å². The van der Waals surface area contributed by atoms with E-state index in [1.807, 2.05) is 44.2 Å². The molecule has 2 aromatic heterocycles. The average molecular weight is 325 g/mol. The molecule has 7 heteroatoms. The van der Waals surface area contributed by atoms with Gasteiger partial charge in [-0.25, -0.2) is 9.50 Å². The van der Waals surface area contributed by atoms with Crippen LogP contribution < -0.4 is 5.32 Å². The number of nitrogens with one attached hydrogen (secondary N) is 1. The van der Waals surface area contributed by atoms with Crippen molar-refractivity contribution in [1.29, 1.82) is 0 Å². The molecule has 3 rings (SSSR count). The third-order valence-electron chi connectivity index (χ3n) is 3.77. The summed E-state index contributed by atoms with van der Waals surface area (Å²) in [5, 5.41) is 17.2. The molecule has 0 aliphatic rings.